The molecule has 2 heterocycles. The summed E-state index contributed by atoms with van der Waals surface area (Å²) in [5.74, 6) is 1.05. The fraction of sp³-hybridized carbons (Fsp3) is 0.0769. The maximum absolute atomic E-state index is 12.8. The lowest BCUT2D eigenvalue weighted by molar-refractivity contribution is -0.117. The molecular formula is C26H21N5O. The van der Waals surface area contributed by atoms with Crippen LogP contribution in [0.5, 0.6) is 0 Å². The van der Waals surface area contributed by atoms with Crippen molar-refractivity contribution in [3.8, 4) is 5.69 Å². The lowest BCUT2D eigenvalue weighted by atomic mass is 10.0. The number of amides is 1. The predicted octanol–water partition coefficient (Wildman–Crippen LogP) is 4.25. The molecule has 1 atom stereocenters. The number of fused-ring (bicyclic) bond motifs is 3. The van der Waals surface area contributed by atoms with Gasteiger partial charge < -0.3 is 5.32 Å². The van der Waals surface area contributed by atoms with Crippen LogP contribution in [0.1, 0.15) is 34.5 Å². The second-order valence-electron chi connectivity index (χ2n) is 7.46. The number of para-hydroxylation sites is 1. The van der Waals surface area contributed by atoms with Gasteiger partial charge in [-0.25, -0.2) is 0 Å². The molecule has 6 nitrogen and oxygen atoms in total. The second kappa shape index (κ2) is 8.43. The molecule has 1 aromatic heterocycles. The van der Waals surface area contributed by atoms with Gasteiger partial charge in [-0.05, 0) is 24.6 Å². The zero-order valence-electron chi connectivity index (χ0n) is 17.5. The van der Waals surface area contributed by atoms with Crippen molar-refractivity contribution in [3.63, 3.8) is 0 Å². The third-order valence-corrected chi connectivity index (χ3v) is 5.31. The molecule has 1 aliphatic rings. The van der Waals surface area contributed by atoms with E-state index < -0.39 is 6.17 Å². The molecule has 1 unspecified atom stereocenters. The van der Waals surface area contributed by atoms with Crippen LogP contribution in [-0.4, -0.2) is 26.4 Å². The van der Waals surface area contributed by atoms with Gasteiger partial charge in [0.1, 0.15) is 5.82 Å². The number of nitrogens with one attached hydrogen (secondary N) is 1. The van der Waals surface area contributed by atoms with E-state index in [1.54, 1.807) is 6.08 Å². The predicted molar refractivity (Wildman–Crippen MR) is 125 cm³/mol. The summed E-state index contributed by atoms with van der Waals surface area (Å²) >= 11 is 0. The number of benzene rings is 3. The standard InChI is InChI=1S/C26H21N5O/c1-18-29-30-26-25(27-23(32)17-16-19-10-4-2-5-11-19)28-24(20-12-6-3-7-13-20)21-14-8-9-15-22(21)31(18)26/h2-17,25H,1H3,(H,27,32). The van der Waals surface area contributed by atoms with Crippen molar-refractivity contribution in [1.82, 2.24) is 20.1 Å². The Kier molecular flexibility index (Phi) is 5.17. The van der Waals surface area contributed by atoms with E-state index in [4.69, 9.17) is 4.99 Å². The molecule has 32 heavy (non-hydrogen) atoms. The monoisotopic (exact) mass is 419 g/mol. The number of carbonyl (C=O) groups is 1. The number of hydrogen-bond donors (Lipinski definition) is 1. The largest absolute Gasteiger partial charge is 0.324 e. The SMILES string of the molecule is Cc1nnc2n1-c1ccccc1C(c1ccccc1)=NC2NC(=O)C=Cc1ccccc1. The molecule has 0 saturated carbocycles. The van der Waals surface area contributed by atoms with Crippen molar-refractivity contribution in [1.29, 1.82) is 0 Å². The summed E-state index contributed by atoms with van der Waals surface area (Å²) in [6, 6.07) is 27.7. The maximum atomic E-state index is 12.8. The minimum atomic E-state index is -0.688. The van der Waals surface area contributed by atoms with Gasteiger partial charge in [0.05, 0.1) is 11.4 Å². The molecule has 6 heteroatoms. The van der Waals surface area contributed by atoms with Crippen LogP contribution >= 0.6 is 0 Å². The molecule has 0 spiro atoms. The molecule has 4 aromatic rings. The van der Waals surface area contributed by atoms with Gasteiger partial charge in [-0.2, -0.15) is 0 Å². The Morgan fingerprint density at radius 2 is 1.59 bits per heavy atom. The van der Waals surface area contributed by atoms with Crippen LogP contribution < -0.4 is 5.32 Å². The molecular weight excluding hydrogens is 398 g/mol. The van der Waals surface area contributed by atoms with Gasteiger partial charge in [0.2, 0.25) is 5.91 Å². The first-order chi connectivity index (χ1) is 15.7. The molecule has 1 amide bonds. The van der Waals surface area contributed by atoms with Crippen LogP contribution in [0.3, 0.4) is 0 Å². The maximum Gasteiger partial charge on any atom is 0.245 e. The molecule has 5 rings (SSSR count). The summed E-state index contributed by atoms with van der Waals surface area (Å²) < 4.78 is 1.96. The third kappa shape index (κ3) is 3.74. The highest BCUT2D eigenvalue weighted by Crippen LogP contribution is 2.29. The van der Waals surface area contributed by atoms with Crippen molar-refractivity contribution in [3.05, 3.63) is 119 Å². The van der Waals surface area contributed by atoms with Crippen molar-refractivity contribution in [2.75, 3.05) is 0 Å². The molecule has 3 aromatic carbocycles. The van der Waals surface area contributed by atoms with Crippen LogP contribution in [-0.2, 0) is 4.79 Å². The molecule has 0 aliphatic carbocycles. The van der Waals surface area contributed by atoms with Gasteiger partial charge in [0, 0.05) is 17.2 Å². The number of aryl methyl sites for hydroxylation is 1. The van der Waals surface area contributed by atoms with Crippen molar-refractivity contribution >= 4 is 17.7 Å². The quantitative estimate of drug-likeness (QED) is 0.503. The van der Waals surface area contributed by atoms with Gasteiger partial charge in [-0.3, -0.25) is 14.4 Å². The number of carbonyl (C=O) groups excluding carboxylic acids is 1. The Hall–Kier alpha value is -4.32. The first kappa shape index (κ1) is 19.6. The van der Waals surface area contributed by atoms with Crippen LogP contribution in [0.15, 0.2) is 96.0 Å². The van der Waals surface area contributed by atoms with E-state index in [-0.39, 0.29) is 5.91 Å². The fourth-order valence-electron chi connectivity index (χ4n) is 3.82. The van der Waals surface area contributed by atoms with E-state index in [2.05, 4.69) is 15.5 Å². The van der Waals surface area contributed by atoms with Gasteiger partial charge >= 0.3 is 0 Å². The zero-order valence-corrected chi connectivity index (χ0v) is 17.5. The van der Waals surface area contributed by atoms with Crippen molar-refractivity contribution in [2.24, 2.45) is 4.99 Å². The van der Waals surface area contributed by atoms with E-state index in [0.29, 0.717) is 5.82 Å². The highest BCUT2D eigenvalue weighted by Gasteiger charge is 2.28. The van der Waals surface area contributed by atoms with Crippen molar-refractivity contribution in [2.45, 2.75) is 13.1 Å². The molecule has 1 N–H and O–H groups in total. The number of aromatic nitrogens is 3. The Bertz CT molecular complexity index is 1320. The van der Waals surface area contributed by atoms with Crippen LogP contribution in [0, 0.1) is 6.92 Å². The summed E-state index contributed by atoms with van der Waals surface area (Å²) in [5.41, 5.74) is 4.60. The number of aliphatic imine (C=N–C) groups is 1. The van der Waals surface area contributed by atoms with E-state index in [1.807, 2.05) is 96.4 Å². The molecule has 156 valence electrons. The average Bonchev–Trinajstić information content (AvgIpc) is 3.16. The normalized spacial score (nSPS) is 14.9. The number of rotatable bonds is 4. The topological polar surface area (TPSA) is 72.2 Å². The Morgan fingerprint density at radius 3 is 2.38 bits per heavy atom. The van der Waals surface area contributed by atoms with Crippen LogP contribution in [0.4, 0.5) is 0 Å². The lowest BCUT2D eigenvalue weighted by Crippen LogP contribution is -2.28. The van der Waals surface area contributed by atoms with E-state index in [0.717, 1.165) is 33.9 Å². The molecule has 0 fully saturated rings. The van der Waals surface area contributed by atoms with Gasteiger partial charge in [0.25, 0.3) is 0 Å². The first-order valence-corrected chi connectivity index (χ1v) is 10.4. The minimum Gasteiger partial charge on any atom is -0.324 e. The van der Waals surface area contributed by atoms with Crippen LogP contribution in [0.2, 0.25) is 0 Å². The number of nitrogens with zero attached hydrogens (tertiary/aromatic N) is 4. The highest BCUT2D eigenvalue weighted by molar-refractivity contribution is 6.15. The molecule has 1 aliphatic heterocycles. The van der Waals surface area contributed by atoms with Gasteiger partial charge in [-0.15, -0.1) is 10.2 Å². The second-order valence-corrected chi connectivity index (χ2v) is 7.46. The molecule has 0 radical (unpaired) electrons. The van der Waals surface area contributed by atoms with Gasteiger partial charge in [0.15, 0.2) is 12.0 Å². The Labute approximate surface area is 186 Å². The lowest BCUT2D eigenvalue weighted by Gasteiger charge is -2.13. The Balaban J connectivity index is 1.58. The van der Waals surface area contributed by atoms with E-state index >= 15 is 0 Å². The van der Waals surface area contributed by atoms with Crippen LogP contribution in [0.25, 0.3) is 11.8 Å². The fourth-order valence-corrected chi connectivity index (χ4v) is 3.82. The summed E-state index contributed by atoms with van der Waals surface area (Å²) in [7, 11) is 0. The first-order valence-electron chi connectivity index (χ1n) is 10.4. The Morgan fingerprint density at radius 1 is 0.906 bits per heavy atom. The third-order valence-electron chi connectivity index (χ3n) is 5.31. The zero-order chi connectivity index (χ0) is 21.9. The van der Waals surface area contributed by atoms with E-state index in [9.17, 15) is 4.79 Å². The van der Waals surface area contributed by atoms with Crippen molar-refractivity contribution < 1.29 is 4.79 Å². The minimum absolute atomic E-state index is 0.256. The number of hydrogen-bond acceptors (Lipinski definition) is 4. The van der Waals surface area contributed by atoms with E-state index in [1.165, 1.54) is 6.08 Å². The molecule has 0 saturated heterocycles. The summed E-state index contributed by atoms with van der Waals surface area (Å²) in [5, 5.41) is 11.6. The summed E-state index contributed by atoms with van der Waals surface area (Å²) in [6.45, 7) is 1.90. The summed E-state index contributed by atoms with van der Waals surface area (Å²) in [6.07, 6.45) is 2.60. The smallest absolute Gasteiger partial charge is 0.245 e. The summed E-state index contributed by atoms with van der Waals surface area (Å²) in [4.78, 5) is 17.8. The highest BCUT2D eigenvalue weighted by atomic mass is 16.1. The average molecular weight is 419 g/mol. The van der Waals surface area contributed by atoms with Gasteiger partial charge in [-0.1, -0.05) is 78.9 Å². The molecule has 0 bridgehead atoms.